The molecule has 0 atom stereocenters. The summed E-state index contributed by atoms with van der Waals surface area (Å²) in [5.74, 6) is 2.89. The van der Waals surface area contributed by atoms with Crippen molar-refractivity contribution in [2.24, 2.45) is 0 Å². The smallest absolute Gasteiger partial charge is 0.323 e. The van der Waals surface area contributed by atoms with E-state index in [4.69, 9.17) is 0 Å². The predicted octanol–water partition coefficient (Wildman–Crippen LogP) is 9.06. The molecule has 2 aliphatic rings. The van der Waals surface area contributed by atoms with E-state index >= 15 is 0 Å². The summed E-state index contributed by atoms with van der Waals surface area (Å²) in [6.07, 6.45) is 20.5. The lowest BCUT2D eigenvalue weighted by molar-refractivity contribution is -0.698. The molecule has 0 saturated carbocycles. The molecule has 7 nitrogen and oxygen atoms in total. The first-order valence-corrected chi connectivity index (χ1v) is 21.1. The highest BCUT2D eigenvalue weighted by Crippen LogP contribution is 2.25. The van der Waals surface area contributed by atoms with Crippen molar-refractivity contribution < 1.29 is 4.57 Å². The summed E-state index contributed by atoms with van der Waals surface area (Å²) >= 11 is 1.80. The summed E-state index contributed by atoms with van der Waals surface area (Å²) in [6, 6.07) is 7.68. The number of nitrogens with zero attached hydrogens (tertiary/aromatic N) is 5. The van der Waals surface area contributed by atoms with E-state index in [1.54, 1.807) is 11.3 Å². The molecule has 0 radical (unpaired) electrons. The SMILES string of the molecule is CCn1c2nc(=O)n(CCCCCCCCSSCCCCCCCCCCCC[n+]3cscc3C)c(=O)c-2nc2ccccc21. The lowest BCUT2D eigenvalue weighted by Crippen LogP contribution is -2.38. The molecule has 0 spiro atoms. The highest BCUT2D eigenvalue weighted by atomic mass is 33.1. The van der Waals surface area contributed by atoms with Crippen LogP contribution >= 0.6 is 32.9 Å². The zero-order valence-corrected chi connectivity index (χ0v) is 30.5. The summed E-state index contributed by atoms with van der Waals surface area (Å²) in [6.45, 7) is 6.40. The van der Waals surface area contributed by atoms with Gasteiger partial charge in [-0.05, 0) is 44.7 Å². The molecule has 0 amide bonds. The molecule has 0 fully saturated rings. The van der Waals surface area contributed by atoms with Crippen molar-refractivity contribution in [2.75, 3.05) is 11.5 Å². The van der Waals surface area contributed by atoms with Gasteiger partial charge in [0.25, 0.3) is 5.56 Å². The zero-order chi connectivity index (χ0) is 32.4. The minimum Gasteiger partial charge on any atom is -0.323 e. The fraction of sp³-hybridized carbons (Fsp3) is 0.639. The van der Waals surface area contributed by atoms with Crippen LogP contribution in [0.5, 0.6) is 0 Å². The summed E-state index contributed by atoms with van der Waals surface area (Å²) in [7, 11) is 4.08. The Bertz CT molecular complexity index is 1530. The molecule has 10 heteroatoms. The highest BCUT2D eigenvalue weighted by Gasteiger charge is 2.20. The van der Waals surface area contributed by atoms with E-state index in [9.17, 15) is 9.59 Å². The van der Waals surface area contributed by atoms with E-state index in [-0.39, 0.29) is 11.3 Å². The minimum atomic E-state index is -0.470. The number of benzene rings is 1. The van der Waals surface area contributed by atoms with Crippen LogP contribution in [0.4, 0.5) is 0 Å². The molecule has 46 heavy (non-hydrogen) atoms. The van der Waals surface area contributed by atoms with Crippen LogP contribution in [0.25, 0.3) is 22.6 Å². The molecule has 0 saturated heterocycles. The summed E-state index contributed by atoms with van der Waals surface area (Å²) in [4.78, 5) is 34.8. The number of fused-ring (bicyclic) bond motifs is 2. The van der Waals surface area contributed by atoms with E-state index in [2.05, 4.69) is 32.3 Å². The average molecular weight is 685 g/mol. The van der Waals surface area contributed by atoms with Gasteiger partial charge in [-0.25, -0.2) is 9.78 Å². The summed E-state index contributed by atoms with van der Waals surface area (Å²) < 4.78 is 5.56. The van der Waals surface area contributed by atoms with Gasteiger partial charge in [0.1, 0.15) is 6.54 Å². The number of thiazole rings is 1. The molecule has 1 aromatic heterocycles. The van der Waals surface area contributed by atoms with Crippen LogP contribution in [0.15, 0.2) is 44.7 Å². The van der Waals surface area contributed by atoms with Crippen molar-refractivity contribution in [3.8, 4) is 11.5 Å². The number of hydrogen-bond donors (Lipinski definition) is 0. The topological polar surface area (TPSA) is 73.7 Å². The summed E-state index contributed by atoms with van der Waals surface area (Å²) in [5, 5.41) is 2.23. The van der Waals surface area contributed by atoms with Gasteiger partial charge in [0.05, 0.1) is 16.4 Å². The third-order valence-corrected chi connectivity index (χ3v) is 12.2. The molecular weight excluding hydrogens is 631 g/mol. The van der Waals surface area contributed by atoms with Crippen molar-refractivity contribution in [1.29, 1.82) is 0 Å². The third kappa shape index (κ3) is 11.5. The van der Waals surface area contributed by atoms with Gasteiger partial charge < -0.3 is 4.57 Å². The Kier molecular flexibility index (Phi) is 16.7. The van der Waals surface area contributed by atoms with Crippen molar-refractivity contribution >= 4 is 44.0 Å². The van der Waals surface area contributed by atoms with Crippen LogP contribution in [-0.4, -0.2) is 30.6 Å². The maximum Gasteiger partial charge on any atom is 0.352 e. The van der Waals surface area contributed by atoms with Crippen molar-refractivity contribution in [3.05, 3.63) is 61.7 Å². The quantitative estimate of drug-likeness (QED) is 0.0317. The Labute approximate surface area is 287 Å². The molecule has 2 aromatic rings. The fourth-order valence-corrected chi connectivity index (χ4v) is 9.14. The van der Waals surface area contributed by atoms with Crippen LogP contribution in [0.2, 0.25) is 0 Å². The number of para-hydroxylation sites is 2. The van der Waals surface area contributed by atoms with Gasteiger partial charge in [-0.1, -0.05) is 116 Å². The van der Waals surface area contributed by atoms with Gasteiger partial charge in [0, 0.05) is 37.9 Å². The largest absolute Gasteiger partial charge is 0.352 e. The highest BCUT2D eigenvalue weighted by molar-refractivity contribution is 8.76. The number of unbranched alkanes of at least 4 members (excludes halogenated alkanes) is 14. The van der Waals surface area contributed by atoms with E-state index in [1.165, 1.54) is 112 Å². The van der Waals surface area contributed by atoms with E-state index in [1.807, 2.05) is 57.3 Å². The molecule has 0 aliphatic carbocycles. The lowest BCUT2D eigenvalue weighted by atomic mass is 10.1. The second-order valence-electron chi connectivity index (χ2n) is 12.4. The van der Waals surface area contributed by atoms with E-state index in [0.29, 0.717) is 18.9 Å². The Balaban J connectivity index is 0.945. The lowest BCUT2D eigenvalue weighted by Gasteiger charge is -2.16. The minimum absolute atomic E-state index is 0.280. The van der Waals surface area contributed by atoms with Crippen molar-refractivity contribution in [2.45, 2.75) is 136 Å². The van der Waals surface area contributed by atoms with Crippen LogP contribution in [0.1, 0.15) is 115 Å². The van der Waals surface area contributed by atoms with E-state index in [0.717, 1.165) is 30.3 Å². The molecular formula is C36H54N5O2S3+. The second-order valence-corrected chi connectivity index (χ2v) is 15.8. The van der Waals surface area contributed by atoms with Gasteiger partial charge >= 0.3 is 5.69 Å². The van der Waals surface area contributed by atoms with Crippen LogP contribution in [0.3, 0.4) is 0 Å². The maximum atomic E-state index is 13.2. The average Bonchev–Trinajstić information content (AvgIpc) is 3.48. The molecule has 2 aliphatic heterocycles. The molecule has 1 aromatic carbocycles. The first kappa shape index (κ1) is 36.7. The zero-order valence-electron chi connectivity index (χ0n) is 28.1. The van der Waals surface area contributed by atoms with Crippen LogP contribution < -0.4 is 15.8 Å². The first-order valence-electron chi connectivity index (χ1n) is 17.7. The number of aryl methyl sites for hydroxylation is 3. The Hall–Kier alpha value is -2.17. The van der Waals surface area contributed by atoms with E-state index < -0.39 is 5.69 Å². The number of aromatic nitrogens is 5. The third-order valence-electron chi connectivity index (χ3n) is 8.77. The maximum absolute atomic E-state index is 13.2. The molecule has 3 heterocycles. The van der Waals surface area contributed by atoms with Gasteiger partial charge in [-0.2, -0.15) is 9.55 Å². The van der Waals surface area contributed by atoms with Crippen molar-refractivity contribution in [3.63, 3.8) is 0 Å². The van der Waals surface area contributed by atoms with Gasteiger partial charge in [-0.15, -0.1) is 0 Å². The van der Waals surface area contributed by atoms with Gasteiger partial charge in [0.2, 0.25) is 5.51 Å². The molecule has 0 bridgehead atoms. The normalized spacial score (nSPS) is 11.7. The number of hydrogen-bond acceptors (Lipinski definition) is 7. The predicted molar refractivity (Wildman–Crippen MR) is 198 cm³/mol. The summed E-state index contributed by atoms with van der Waals surface area (Å²) in [5.41, 5.74) is 4.75. The molecule has 0 N–H and O–H groups in total. The monoisotopic (exact) mass is 684 g/mol. The Morgan fingerprint density at radius 1 is 0.739 bits per heavy atom. The molecule has 0 unspecified atom stereocenters. The molecule has 4 rings (SSSR count). The fourth-order valence-electron chi connectivity index (χ4n) is 6.03. The van der Waals surface area contributed by atoms with Crippen LogP contribution in [0, 0.1) is 6.92 Å². The number of rotatable bonds is 24. The van der Waals surface area contributed by atoms with Gasteiger partial charge in [0.15, 0.2) is 17.2 Å². The first-order chi connectivity index (χ1) is 22.6. The van der Waals surface area contributed by atoms with Crippen molar-refractivity contribution in [1.82, 2.24) is 19.1 Å². The Morgan fingerprint density at radius 2 is 1.33 bits per heavy atom. The van der Waals surface area contributed by atoms with Crippen LogP contribution in [-0.2, 0) is 19.6 Å². The Morgan fingerprint density at radius 3 is 1.93 bits per heavy atom. The molecule has 252 valence electrons. The standard InChI is InChI=1S/C36H54N5O2S3/c1-3-40-32-23-17-16-22-31(32)37-33-34(40)38-36(43)41(35(33)42)25-19-13-9-11-15-21-27-46-45-26-20-14-10-7-5-4-6-8-12-18-24-39-29-44-28-30(39)2/h16-17,22-23,28-29H,3-15,18-21,24-27H2,1-2H3/q+1. The second kappa shape index (κ2) is 20.9. The van der Waals surface area contributed by atoms with Gasteiger partial charge in [-0.3, -0.25) is 9.36 Å².